The van der Waals surface area contributed by atoms with Crippen LogP contribution in [0.15, 0.2) is 54.2 Å². The summed E-state index contributed by atoms with van der Waals surface area (Å²) in [6.45, 7) is 7.33. The number of methoxy groups -OCH3 is 1. The number of hydrogen-bond donors (Lipinski definition) is 2. The highest BCUT2D eigenvalue weighted by Crippen LogP contribution is 2.19. The lowest BCUT2D eigenvalue weighted by Crippen LogP contribution is -2.24. The maximum atomic E-state index is 11.3. The van der Waals surface area contributed by atoms with E-state index < -0.39 is 6.29 Å². The monoisotopic (exact) mass is 489 g/mol. The van der Waals surface area contributed by atoms with Crippen LogP contribution in [0.2, 0.25) is 0 Å². The van der Waals surface area contributed by atoms with Crippen molar-refractivity contribution in [3.8, 4) is 11.8 Å². The van der Waals surface area contributed by atoms with E-state index in [-0.39, 0.29) is 5.91 Å². The second-order valence-electron chi connectivity index (χ2n) is 7.50. The maximum Gasteiger partial charge on any atom is 0.224 e. The number of likely N-dealkylation sites (N-methyl/N-ethyl adjacent to an activating group) is 1. The number of ether oxygens (including phenoxy) is 2. The second kappa shape index (κ2) is 20.4. The van der Waals surface area contributed by atoms with Gasteiger partial charge in [0.25, 0.3) is 0 Å². The molecule has 1 aliphatic heterocycles. The fourth-order valence-corrected chi connectivity index (χ4v) is 2.90. The van der Waals surface area contributed by atoms with Crippen LogP contribution in [0.3, 0.4) is 0 Å². The number of aliphatic hydroxyl groups excluding tert-OH is 1. The van der Waals surface area contributed by atoms with Crippen LogP contribution in [0.1, 0.15) is 37.8 Å². The predicted octanol–water partition coefficient (Wildman–Crippen LogP) is 3.94. The van der Waals surface area contributed by atoms with Gasteiger partial charge in [-0.15, -0.1) is 0 Å². The minimum absolute atomic E-state index is 0.0331. The number of alkyl halides is 1. The van der Waals surface area contributed by atoms with E-state index >= 15 is 0 Å². The summed E-state index contributed by atoms with van der Waals surface area (Å²) in [4.78, 5) is 13.6. The van der Waals surface area contributed by atoms with Crippen molar-refractivity contribution >= 4 is 5.91 Å². The summed E-state index contributed by atoms with van der Waals surface area (Å²) in [6, 6.07) is 7.16. The molecule has 35 heavy (non-hydrogen) atoms. The van der Waals surface area contributed by atoms with Crippen LogP contribution >= 0.6 is 0 Å². The Kier molecular flexibility index (Phi) is 18.6. The lowest BCUT2D eigenvalue weighted by Gasteiger charge is -2.14. The minimum atomic E-state index is -0.780. The third-order valence-corrected chi connectivity index (χ3v) is 4.94. The second-order valence-corrected chi connectivity index (χ2v) is 7.50. The standard InChI is InChI=1S/C14H23NO2.C12H14N2O2.CH3F/c1-3-15(2)11-10-13-7-4-5-12-17-14(16)9-6-8-13;1-3-14-12(15)7-9-4-5-10(8-13)11(6-9)16-2;1-2/h4,6-9,14,16H,3,5,10-12H2,1-2H3;4-6H,3,7H2,1-2H3,(H,14,15);1H3/b7-4+,9-6+,13-8+;;. The van der Waals surface area contributed by atoms with E-state index in [9.17, 15) is 14.3 Å². The Morgan fingerprint density at radius 3 is 2.74 bits per heavy atom. The molecular formula is C27H40FN3O4. The average molecular weight is 490 g/mol. The quantitative estimate of drug-likeness (QED) is 0.575. The topological polar surface area (TPSA) is 94.8 Å². The first-order valence-corrected chi connectivity index (χ1v) is 11.7. The molecule has 7 nitrogen and oxygen atoms in total. The third kappa shape index (κ3) is 14.8. The van der Waals surface area contributed by atoms with Crippen LogP contribution < -0.4 is 10.1 Å². The summed E-state index contributed by atoms with van der Waals surface area (Å²) in [5, 5.41) is 20.9. The van der Waals surface area contributed by atoms with E-state index in [1.807, 2.05) is 25.1 Å². The smallest absolute Gasteiger partial charge is 0.224 e. The Bertz CT molecular complexity index is 862. The number of hydrogen-bond acceptors (Lipinski definition) is 6. The molecule has 0 radical (unpaired) electrons. The van der Waals surface area contributed by atoms with E-state index in [1.54, 1.807) is 24.3 Å². The van der Waals surface area contributed by atoms with Gasteiger partial charge in [0, 0.05) is 13.1 Å². The number of halogens is 1. The van der Waals surface area contributed by atoms with Crippen molar-refractivity contribution in [1.29, 1.82) is 5.26 Å². The molecule has 1 amide bonds. The van der Waals surface area contributed by atoms with Crippen molar-refractivity contribution in [1.82, 2.24) is 10.2 Å². The van der Waals surface area contributed by atoms with Crippen molar-refractivity contribution in [2.45, 2.75) is 39.4 Å². The van der Waals surface area contributed by atoms with Gasteiger partial charge in [-0.05, 0) is 62.7 Å². The fourth-order valence-electron chi connectivity index (χ4n) is 2.90. The molecule has 0 aliphatic carbocycles. The highest BCUT2D eigenvalue weighted by molar-refractivity contribution is 5.78. The molecule has 1 aromatic rings. The molecule has 0 saturated heterocycles. The number of nitrogens with zero attached hydrogens (tertiary/aromatic N) is 2. The van der Waals surface area contributed by atoms with Gasteiger partial charge in [0.1, 0.15) is 11.8 Å². The number of nitriles is 1. The molecule has 194 valence electrons. The Morgan fingerprint density at radius 1 is 1.37 bits per heavy atom. The SMILES string of the molecule is CCN(C)CCC1=C/C=C/C(O)OCC\C=C\1.CCNC(=O)Cc1ccc(C#N)c(OC)c1.CF. The van der Waals surface area contributed by atoms with Gasteiger partial charge in [0.05, 0.1) is 32.9 Å². The molecule has 2 rings (SSSR count). The van der Waals surface area contributed by atoms with Gasteiger partial charge in [-0.1, -0.05) is 37.3 Å². The normalized spacial score (nSPS) is 18.3. The van der Waals surface area contributed by atoms with E-state index in [1.165, 1.54) is 12.7 Å². The number of allylic oxidation sites excluding steroid dienone is 3. The summed E-state index contributed by atoms with van der Waals surface area (Å²) in [7, 11) is 4.13. The molecule has 1 aromatic carbocycles. The highest BCUT2D eigenvalue weighted by Gasteiger charge is 2.07. The largest absolute Gasteiger partial charge is 0.495 e. The number of carbonyl (C=O) groups excluding carboxylic acids is 1. The molecule has 0 spiro atoms. The third-order valence-electron chi connectivity index (χ3n) is 4.94. The summed E-state index contributed by atoms with van der Waals surface area (Å²) in [5.41, 5.74) is 2.60. The summed E-state index contributed by atoms with van der Waals surface area (Å²) >= 11 is 0. The molecule has 0 saturated carbocycles. The predicted molar refractivity (Wildman–Crippen MR) is 138 cm³/mol. The van der Waals surface area contributed by atoms with E-state index in [4.69, 9.17) is 14.7 Å². The van der Waals surface area contributed by atoms with Crippen molar-refractivity contribution in [3.05, 3.63) is 65.3 Å². The Balaban J connectivity index is 0.000000618. The zero-order chi connectivity index (χ0) is 26.5. The molecule has 1 heterocycles. The first-order chi connectivity index (χ1) is 16.9. The molecule has 0 bridgehead atoms. The van der Waals surface area contributed by atoms with Crippen LogP contribution in [-0.4, -0.2) is 69.8 Å². The molecule has 0 aromatic heterocycles. The molecule has 1 atom stereocenters. The van der Waals surface area contributed by atoms with Gasteiger partial charge in [0.15, 0.2) is 6.29 Å². The van der Waals surface area contributed by atoms with Crippen LogP contribution in [0, 0.1) is 11.3 Å². The molecular weight excluding hydrogens is 449 g/mol. The summed E-state index contributed by atoms with van der Waals surface area (Å²) in [6.07, 6.45) is 11.2. The van der Waals surface area contributed by atoms with Gasteiger partial charge in [-0.25, -0.2) is 0 Å². The molecule has 1 unspecified atom stereocenters. The zero-order valence-corrected chi connectivity index (χ0v) is 21.6. The Morgan fingerprint density at radius 2 is 2.11 bits per heavy atom. The number of aliphatic hydroxyl groups is 1. The van der Waals surface area contributed by atoms with Gasteiger partial charge in [-0.2, -0.15) is 5.26 Å². The number of nitrogens with one attached hydrogen (secondary N) is 1. The highest BCUT2D eigenvalue weighted by atomic mass is 19.1. The minimum Gasteiger partial charge on any atom is -0.495 e. The molecule has 0 fully saturated rings. The van der Waals surface area contributed by atoms with Crippen LogP contribution in [0.5, 0.6) is 5.75 Å². The van der Waals surface area contributed by atoms with Gasteiger partial charge in [-0.3, -0.25) is 9.18 Å². The van der Waals surface area contributed by atoms with Crippen LogP contribution in [-0.2, 0) is 16.0 Å². The lowest BCUT2D eigenvalue weighted by molar-refractivity contribution is -0.120. The van der Waals surface area contributed by atoms with Gasteiger partial charge >= 0.3 is 0 Å². The number of benzene rings is 1. The van der Waals surface area contributed by atoms with Crippen LogP contribution in [0.25, 0.3) is 0 Å². The number of rotatable bonds is 8. The van der Waals surface area contributed by atoms with Gasteiger partial charge in [0.2, 0.25) is 5.91 Å². The van der Waals surface area contributed by atoms with Crippen molar-refractivity contribution < 1.29 is 23.8 Å². The number of amides is 1. The molecule has 1 aliphatic rings. The maximum absolute atomic E-state index is 11.3. The average Bonchev–Trinajstić information content (AvgIpc) is 2.88. The molecule has 2 N–H and O–H groups in total. The van der Waals surface area contributed by atoms with Gasteiger partial charge < -0.3 is 24.8 Å². The summed E-state index contributed by atoms with van der Waals surface area (Å²) < 4.78 is 19.7. The summed E-state index contributed by atoms with van der Waals surface area (Å²) in [5.74, 6) is 0.471. The zero-order valence-electron chi connectivity index (χ0n) is 21.6. The first-order valence-electron chi connectivity index (χ1n) is 11.7. The Labute approximate surface area is 209 Å². The van der Waals surface area contributed by atoms with E-state index in [2.05, 4.69) is 36.3 Å². The van der Waals surface area contributed by atoms with E-state index in [0.717, 1.165) is 31.5 Å². The van der Waals surface area contributed by atoms with Crippen LogP contribution in [0.4, 0.5) is 4.39 Å². The number of carbonyl (C=O) groups is 1. The Hall–Kier alpha value is -2.99. The van der Waals surface area contributed by atoms with E-state index in [0.29, 0.717) is 38.1 Å². The molecule has 8 heteroatoms. The lowest BCUT2D eigenvalue weighted by atomic mass is 10.1. The van der Waals surface area contributed by atoms with Crippen molar-refractivity contribution in [3.63, 3.8) is 0 Å². The first kappa shape index (κ1) is 32.0. The van der Waals surface area contributed by atoms with Crippen molar-refractivity contribution in [2.75, 3.05) is 47.6 Å². The van der Waals surface area contributed by atoms with Crippen molar-refractivity contribution in [2.24, 2.45) is 0 Å². The fraction of sp³-hybridized carbons (Fsp3) is 0.481.